The number of nitrogens with zero attached hydrogens (tertiary/aromatic N) is 2. The van der Waals surface area contributed by atoms with Crippen molar-refractivity contribution in [2.24, 2.45) is 10.2 Å². The zero-order valence-electron chi connectivity index (χ0n) is 13.9. The van der Waals surface area contributed by atoms with Crippen LogP contribution in [0.4, 0.5) is 5.69 Å². The van der Waals surface area contributed by atoms with E-state index in [9.17, 15) is 9.59 Å². The number of carbonyl (C=O) groups excluding carboxylic acids is 2. The van der Waals surface area contributed by atoms with E-state index in [1.54, 1.807) is 24.4 Å². The minimum Gasteiger partial charge on any atom is -0.326 e. The summed E-state index contributed by atoms with van der Waals surface area (Å²) in [6.07, 6.45) is 1.59. The first-order chi connectivity index (χ1) is 13.0. The third kappa shape index (κ3) is 5.56. The number of benzene rings is 2. The van der Waals surface area contributed by atoms with Gasteiger partial charge in [-0.2, -0.15) is 5.10 Å². The molecule has 0 saturated carbocycles. The number of carbonyl (C=O) groups is 2. The highest BCUT2D eigenvalue weighted by Gasteiger charge is 2.32. The molecule has 1 fully saturated rings. The zero-order valence-corrected chi connectivity index (χ0v) is 16.2. The van der Waals surface area contributed by atoms with E-state index in [1.165, 1.54) is 11.8 Å². The largest absolute Gasteiger partial charge is 0.326 e. The third-order valence-electron chi connectivity index (χ3n) is 3.51. The molecule has 2 aromatic carbocycles. The van der Waals surface area contributed by atoms with Crippen LogP contribution in [0.25, 0.3) is 0 Å². The summed E-state index contributed by atoms with van der Waals surface area (Å²) >= 11 is 12.9. The van der Waals surface area contributed by atoms with Crippen molar-refractivity contribution in [3.05, 3.63) is 64.1 Å². The second kappa shape index (κ2) is 9.03. The van der Waals surface area contributed by atoms with Crippen LogP contribution < -0.4 is 10.6 Å². The van der Waals surface area contributed by atoms with E-state index < -0.39 is 5.25 Å². The lowest BCUT2D eigenvalue weighted by Crippen LogP contribution is -2.28. The van der Waals surface area contributed by atoms with Gasteiger partial charge in [-0.05, 0) is 23.8 Å². The SMILES string of the molecule is O=C(CC1S/C(=N/N=C\c2ccccc2)NC1=O)Nc1ccc(Cl)c(Cl)c1. The summed E-state index contributed by atoms with van der Waals surface area (Å²) in [5.74, 6) is -0.590. The maximum Gasteiger partial charge on any atom is 0.240 e. The first-order valence-corrected chi connectivity index (χ1v) is 9.53. The van der Waals surface area contributed by atoms with E-state index >= 15 is 0 Å². The summed E-state index contributed by atoms with van der Waals surface area (Å²) in [5.41, 5.74) is 1.41. The molecule has 0 radical (unpaired) electrons. The highest BCUT2D eigenvalue weighted by molar-refractivity contribution is 8.15. The van der Waals surface area contributed by atoms with Crippen LogP contribution in [0.15, 0.2) is 58.7 Å². The average molecular weight is 421 g/mol. The summed E-state index contributed by atoms with van der Waals surface area (Å²) < 4.78 is 0. The van der Waals surface area contributed by atoms with Crippen molar-refractivity contribution < 1.29 is 9.59 Å². The number of amidine groups is 1. The molecular formula is C18H14Cl2N4O2S. The molecule has 0 aromatic heterocycles. The van der Waals surface area contributed by atoms with Crippen LogP contribution in [0.1, 0.15) is 12.0 Å². The lowest BCUT2D eigenvalue weighted by molar-refractivity contribution is -0.122. The molecule has 2 aromatic rings. The number of hydrogen-bond donors (Lipinski definition) is 2. The number of thioether (sulfide) groups is 1. The molecule has 3 rings (SSSR count). The Bertz CT molecular complexity index is 919. The fraction of sp³-hybridized carbons (Fsp3) is 0.111. The Morgan fingerprint density at radius 2 is 1.96 bits per heavy atom. The Labute approximate surface area is 170 Å². The molecule has 0 aliphatic carbocycles. The summed E-state index contributed by atoms with van der Waals surface area (Å²) in [7, 11) is 0. The minimum absolute atomic E-state index is 0.00182. The fourth-order valence-corrected chi connectivity index (χ4v) is 3.45. The molecule has 1 unspecified atom stereocenters. The van der Waals surface area contributed by atoms with Gasteiger partial charge in [-0.25, -0.2) is 0 Å². The Morgan fingerprint density at radius 1 is 1.19 bits per heavy atom. The van der Waals surface area contributed by atoms with Crippen LogP contribution in [0.2, 0.25) is 10.0 Å². The molecule has 2 amide bonds. The molecule has 27 heavy (non-hydrogen) atoms. The normalized spacial score (nSPS) is 18.1. The molecule has 2 N–H and O–H groups in total. The number of nitrogens with one attached hydrogen (secondary N) is 2. The lowest BCUT2D eigenvalue weighted by atomic mass is 10.2. The summed E-state index contributed by atoms with van der Waals surface area (Å²) in [4.78, 5) is 24.2. The van der Waals surface area contributed by atoms with Crippen molar-refractivity contribution in [3.8, 4) is 0 Å². The van der Waals surface area contributed by atoms with Crippen LogP contribution in [-0.2, 0) is 9.59 Å². The molecule has 9 heteroatoms. The third-order valence-corrected chi connectivity index (χ3v) is 5.32. The van der Waals surface area contributed by atoms with Crippen molar-refractivity contribution in [1.29, 1.82) is 0 Å². The van der Waals surface area contributed by atoms with E-state index in [2.05, 4.69) is 20.8 Å². The van der Waals surface area contributed by atoms with Crippen LogP contribution in [-0.4, -0.2) is 28.4 Å². The second-order valence-electron chi connectivity index (χ2n) is 5.54. The predicted molar refractivity (Wildman–Crippen MR) is 111 cm³/mol. The smallest absolute Gasteiger partial charge is 0.240 e. The van der Waals surface area contributed by atoms with Gasteiger partial charge < -0.3 is 10.6 Å². The van der Waals surface area contributed by atoms with E-state index in [1.807, 2.05) is 30.3 Å². The van der Waals surface area contributed by atoms with Gasteiger partial charge in [0.1, 0.15) is 5.25 Å². The quantitative estimate of drug-likeness (QED) is 0.567. The van der Waals surface area contributed by atoms with Crippen molar-refractivity contribution in [2.45, 2.75) is 11.7 Å². The van der Waals surface area contributed by atoms with Gasteiger partial charge in [0.05, 0.1) is 16.3 Å². The molecule has 0 bridgehead atoms. The number of amides is 2. The standard InChI is InChI=1S/C18H14Cl2N4O2S/c19-13-7-6-12(8-14(13)20)22-16(25)9-15-17(26)23-18(27-15)24-21-10-11-4-2-1-3-5-11/h1-8,10,15H,9H2,(H,22,25)(H,23,24,26)/b21-10-. The maximum atomic E-state index is 12.2. The summed E-state index contributed by atoms with van der Waals surface area (Å²) in [5, 5.41) is 13.8. The Balaban J connectivity index is 1.55. The van der Waals surface area contributed by atoms with Gasteiger partial charge in [-0.15, -0.1) is 5.10 Å². The Hall–Kier alpha value is -2.35. The van der Waals surface area contributed by atoms with Crippen LogP contribution in [0.3, 0.4) is 0 Å². The molecule has 1 saturated heterocycles. The molecule has 138 valence electrons. The average Bonchev–Trinajstić information content (AvgIpc) is 2.98. The van der Waals surface area contributed by atoms with Gasteiger partial charge in [-0.1, -0.05) is 65.3 Å². The first-order valence-electron chi connectivity index (χ1n) is 7.90. The summed E-state index contributed by atoms with van der Waals surface area (Å²) in [6, 6.07) is 14.2. The summed E-state index contributed by atoms with van der Waals surface area (Å²) in [6.45, 7) is 0. The van der Waals surface area contributed by atoms with E-state index in [4.69, 9.17) is 23.2 Å². The van der Waals surface area contributed by atoms with Crippen LogP contribution in [0, 0.1) is 0 Å². The van der Waals surface area contributed by atoms with Crippen molar-refractivity contribution in [1.82, 2.24) is 5.32 Å². The minimum atomic E-state index is -0.571. The predicted octanol–water partition coefficient (Wildman–Crippen LogP) is 3.94. The fourth-order valence-electron chi connectivity index (χ4n) is 2.23. The van der Waals surface area contributed by atoms with Gasteiger partial charge in [0, 0.05) is 12.1 Å². The van der Waals surface area contributed by atoms with Crippen LogP contribution >= 0.6 is 35.0 Å². The lowest BCUT2D eigenvalue weighted by Gasteiger charge is -2.08. The number of anilines is 1. The second-order valence-corrected chi connectivity index (χ2v) is 7.54. The molecule has 1 aliphatic heterocycles. The number of halogens is 2. The van der Waals surface area contributed by atoms with Gasteiger partial charge in [0.2, 0.25) is 11.8 Å². The van der Waals surface area contributed by atoms with Gasteiger partial charge in [0.25, 0.3) is 0 Å². The Morgan fingerprint density at radius 3 is 2.70 bits per heavy atom. The first kappa shape index (κ1) is 19.4. The van der Waals surface area contributed by atoms with E-state index in [0.717, 1.165) is 5.56 Å². The van der Waals surface area contributed by atoms with Gasteiger partial charge >= 0.3 is 0 Å². The molecular weight excluding hydrogens is 407 g/mol. The van der Waals surface area contributed by atoms with E-state index in [0.29, 0.717) is 20.9 Å². The molecule has 1 heterocycles. The zero-order chi connectivity index (χ0) is 19.2. The van der Waals surface area contributed by atoms with Crippen molar-refractivity contribution in [3.63, 3.8) is 0 Å². The Kier molecular flexibility index (Phi) is 6.49. The topological polar surface area (TPSA) is 82.9 Å². The van der Waals surface area contributed by atoms with Gasteiger partial charge in [0.15, 0.2) is 5.17 Å². The highest BCUT2D eigenvalue weighted by atomic mass is 35.5. The van der Waals surface area contributed by atoms with Crippen molar-refractivity contribution in [2.75, 3.05) is 5.32 Å². The number of hydrogen-bond acceptors (Lipinski definition) is 5. The maximum absolute atomic E-state index is 12.2. The van der Waals surface area contributed by atoms with Crippen molar-refractivity contribution >= 4 is 63.8 Å². The molecule has 0 spiro atoms. The van der Waals surface area contributed by atoms with E-state index in [-0.39, 0.29) is 18.2 Å². The van der Waals surface area contributed by atoms with Gasteiger partial charge in [-0.3, -0.25) is 9.59 Å². The highest BCUT2D eigenvalue weighted by Crippen LogP contribution is 2.26. The molecule has 1 atom stereocenters. The monoisotopic (exact) mass is 420 g/mol. The number of rotatable bonds is 5. The van der Waals surface area contributed by atoms with Crippen LogP contribution in [0.5, 0.6) is 0 Å². The molecule has 6 nitrogen and oxygen atoms in total. The molecule has 1 aliphatic rings.